The molecule has 0 aromatic heterocycles. The van der Waals surface area contributed by atoms with Crippen LogP contribution in [0.4, 0.5) is 5.69 Å². The molecule has 5 heteroatoms. The molecule has 1 amide bonds. The molecule has 1 aromatic carbocycles. The van der Waals surface area contributed by atoms with Crippen molar-refractivity contribution in [2.75, 3.05) is 11.9 Å². The van der Waals surface area contributed by atoms with Gasteiger partial charge in [-0.2, -0.15) is 0 Å². The van der Waals surface area contributed by atoms with Crippen LogP contribution in [0.1, 0.15) is 0 Å². The van der Waals surface area contributed by atoms with Gasteiger partial charge < -0.3 is 20.6 Å². The van der Waals surface area contributed by atoms with Gasteiger partial charge in [-0.3, -0.25) is 4.79 Å². The summed E-state index contributed by atoms with van der Waals surface area (Å²) in [4.78, 5) is 11.3. The Balaban J connectivity index is 2.56. The lowest BCUT2D eigenvalue weighted by molar-refractivity contribution is -0.131. The zero-order valence-electron chi connectivity index (χ0n) is 8.00. The Morgan fingerprint density at radius 3 is 2.40 bits per heavy atom. The standard InChI is InChI=1S/C10H13NO4/c12-6-8(13)9(14)10(15)11-7-4-2-1-3-5-7/h1-5,8-9,12-14H,6H2,(H,11,15). The number of benzene rings is 1. The predicted octanol–water partition coefficient (Wildman–Crippen LogP) is -0.661. The number of carbonyl (C=O) groups is 1. The third kappa shape index (κ3) is 3.32. The van der Waals surface area contributed by atoms with Gasteiger partial charge in [0.1, 0.15) is 6.10 Å². The molecule has 0 aliphatic rings. The molecule has 0 aliphatic heterocycles. The predicted molar refractivity (Wildman–Crippen MR) is 54.2 cm³/mol. The van der Waals surface area contributed by atoms with Crippen LogP contribution in [-0.4, -0.2) is 40.0 Å². The number of anilines is 1. The number of carbonyl (C=O) groups excluding carboxylic acids is 1. The Morgan fingerprint density at radius 2 is 1.87 bits per heavy atom. The number of para-hydroxylation sites is 1. The van der Waals surface area contributed by atoms with Gasteiger partial charge in [0.05, 0.1) is 6.61 Å². The van der Waals surface area contributed by atoms with Crippen molar-refractivity contribution in [3.8, 4) is 0 Å². The number of amides is 1. The van der Waals surface area contributed by atoms with Gasteiger partial charge in [0, 0.05) is 5.69 Å². The lowest BCUT2D eigenvalue weighted by Crippen LogP contribution is -2.39. The fraction of sp³-hybridized carbons (Fsp3) is 0.300. The van der Waals surface area contributed by atoms with Gasteiger partial charge in [-0.05, 0) is 12.1 Å². The second-order valence-corrected chi connectivity index (χ2v) is 3.05. The van der Waals surface area contributed by atoms with Gasteiger partial charge in [0.2, 0.25) is 0 Å². The molecule has 1 aromatic rings. The molecule has 0 aliphatic carbocycles. The molecule has 82 valence electrons. The first-order valence-corrected chi connectivity index (χ1v) is 4.48. The summed E-state index contributed by atoms with van der Waals surface area (Å²) < 4.78 is 0. The second-order valence-electron chi connectivity index (χ2n) is 3.05. The van der Waals surface area contributed by atoms with Gasteiger partial charge in [0.15, 0.2) is 6.10 Å². The first-order valence-electron chi connectivity index (χ1n) is 4.48. The lowest BCUT2D eigenvalue weighted by atomic mass is 10.2. The quantitative estimate of drug-likeness (QED) is 0.532. The van der Waals surface area contributed by atoms with E-state index in [1.165, 1.54) is 0 Å². The first-order chi connectivity index (χ1) is 7.15. The molecule has 15 heavy (non-hydrogen) atoms. The summed E-state index contributed by atoms with van der Waals surface area (Å²) in [7, 11) is 0. The van der Waals surface area contributed by atoms with E-state index in [-0.39, 0.29) is 0 Å². The molecule has 0 saturated heterocycles. The third-order valence-corrected chi connectivity index (χ3v) is 1.86. The molecule has 0 bridgehead atoms. The number of hydrogen-bond acceptors (Lipinski definition) is 4. The first kappa shape index (κ1) is 11.6. The van der Waals surface area contributed by atoms with Gasteiger partial charge in [-0.1, -0.05) is 18.2 Å². The molecule has 0 spiro atoms. The lowest BCUT2D eigenvalue weighted by Gasteiger charge is -2.15. The van der Waals surface area contributed by atoms with E-state index >= 15 is 0 Å². The van der Waals surface area contributed by atoms with E-state index in [0.29, 0.717) is 5.69 Å². The highest BCUT2D eigenvalue weighted by molar-refractivity contribution is 5.94. The average Bonchev–Trinajstić information content (AvgIpc) is 2.28. The Hall–Kier alpha value is -1.43. The van der Waals surface area contributed by atoms with Crippen LogP contribution in [-0.2, 0) is 4.79 Å². The Kier molecular flexibility index (Phi) is 4.23. The number of aliphatic hydroxyl groups is 3. The van der Waals surface area contributed by atoms with Crippen molar-refractivity contribution in [1.29, 1.82) is 0 Å². The van der Waals surface area contributed by atoms with E-state index in [2.05, 4.69) is 5.32 Å². The molecule has 2 unspecified atom stereocenters. The van der Waals surface area contributed by atoms with E-state index in [9.17, 15) is 9.90 Å². The normalized spacial score (nSPS) is 14.3. The van der Waals surface area contributed by atoms with E-state index in [4.69, 9.17) is 10.2 Å². The van der Waals surface area contributed by atoms with E-state index in [0.717, 1.165) is 0 Å². The molecular weight excluding hydrogens is 198 g/mol. The number of rotatable bonds is 4. The molecule has 0 fully saturated rings. The summed E-state index contributed by atoms with van der Waals surface area (Å²) in [6.07, 6.45) is -3.09. The third-order valence-electron chi connectivity index (χ3n) is 1.86. The topological polar surface area (TPSA) is 89.8 Å². The Labute approximate surface area is 87.0 Å². The van der Waals surface area contributed by atoms with Crippen LogP contribution >= 0.6 is 0 Å². The van der Waals surface area contributed by atoms with Crippen molar-refractivity contribution >= 4 is 11.6 Å². The van der Waals surface area contributed by atoms with Gasteiger partial charge in [-0.25, -0.2) is 0 Å². The van der Waals surface area contributed by atoms with Crippen LogP contribution in [0.15, 0.2) is 30.3 Å². The van der Waals surface area contributed by atoms with Crippen molar-refractivity contribution in [3.05, 3.63) is 30.3 Å². The molecule has 4 N–H and O–H groups in total. The average molecular weight is 211 g/mol. The molecule has 5 nitrogen and oxygen atoms in total. The van der Waals surface area contributed by atoms with Gasteiger partial charge in [0.25, 0.3) is 5.91 Å². The van der Waals surface area contributed by atoms with Crippen molar-refractivity contribution < 1.29 is 20.1 Å². The SMILES string of the molecule is O=C(Nc1ccccc1)C(O)C(O)CO. The highest BCUT2D eigenvalue weighted by Crippen LogP contribution is 2.06. The van der Waals surface area contributed by atoms with Crippen molar-refractivity contribution in [2.45, 2.75) is 12.2 Å². The molecule has 0 radical (unpaired) electrons. The van der Waals surface area contributed by atoms with E-state index < -0.39 is 24.7 Å². The van der Waals surface area contributed by atoms with Crippen LogP contribution in [0.5, 0.6) is 0 Å². The maximum Gasteiger partial charge on any atom is 0.256 e. The van der Waals surface area contributed by atoms with Crippen LogP contribution in [0.2, 0.25) is 0 Å². The molecular formula is C10H13NO4. The molecule has 0 saturated carbocycles. The maximum absolute atomic E-state index is 11.3. The minimum Gasteiger partial charge on any atom is -0.394 e. The summed E-state index contributed by atoms with van der Waals surface area (Å²) in [6, 6.07) is 8.54. The summed E-state index contributed by atoms with van der Waals surface area (Å²) >= 11 is 0. The fourth-order valence-electron chi connectivity index (χ4n) is 1.01. The highest BCUT2D eigenvalue weighted by atomic mass is 16.4. The van der Waals surface area contributed by atoms with Crippen molar-refractivity contribution in [2.24, 2.45) is 0 Å². The van der Waals surface area contributed by atoms with Crippen LogP contribution in [0.25, 0.3) is 0 Å². The Bertz CT molecular complexity index is 314. The highest BCUT2D eigenvalue weighted by Gasteiger charge is 2.23. The minimum absolute atomic E-state index is 0.520. The van der Waals surface area contributed by atoms with Crippen molar-refractivity contribution in [1.82, 2.24) is 0 Å². The Morgan fingerprint density at radius 1 is 1.27 bits per heavy atom. The minimum atomic E-state index is -1.63. The van der Waals surface area contributed by atoms with Crippen LogP contribution in [0.3, 0.4) is 0 Å². The van der Waals surface area contributed by atoms with Gasteiger partial charge >= 0.3 is 0 Å². The largest absolute Gasteiger partial charge is 0.394 e. The number of nitrogens with one attached hydrogen (secondary N) is 1. The van der Waals surface area contributed by atoms with Crippen molar-refractivity contribution in [3.63, 3.8) is 0 Å². The summed E-state index contributed by atoms with van der Waals surface area (Å²) in [5, 5.41) is 29.2. The van der Waals surface area contributed by atoms with E-state index in [1.54, 1.807) is 30.3 Å². The van der Waals surface area contributed by atoms with Gasteiger partial charge in [-0.15, -0.1) is 0 Å². The zero-order valence-corrected chi connectivity index (χ0v) is 8.00. The molecule has 2 atom stereocenters. The smallest absolute Gasteiger partial charge is 0.256 e. The van der Waals surface area contributed by atoms with Crippen LogP contribution < -0.4 is 5.32 Å². The summed E-state index contributed by atoms with van der Waals surface area (Å²) in [6.45, 7) is -0.663. The zero-order chi connectivity index (χ0) is 11.3. The number of hydrogen-bond donors (Lipinski definition) is 4. The summed E-state index contributed by atoms with van der Waals surface area (Å²) in [5.41, 5.74) is 0.520. The monoisotopic (exact) mass is 211 g/mol. The summed E-state index contributed by atoms with van der Waals surface area (Å²) in [5.74, 6) is -0.747. The maximum atomic E-state index is 11.3. The van der Waals surface area contributed by atoms with E-state index in [1.807, 2.05) is 0 Å². The fourth-order valence-corrected chi connectivity index (χ4v) is 1.01. The number of aliphatic hydroxyl groups excluding tert-OH is 3. The van der Waals surface area contributed by atoms with Crippen LogP contribution in [0, 0.1) is 0 Å². The molecule has 0 heterocycles. The molecule has 1 rings (SSSR count). The second kappa shape index (κ2) is 5.45.